The lowest BCUT2D eigenvalue weighted by atomic mass is 9.86. The number of esters is 1. The highest BCUT2D eigenvalue weighted by molar-refractivity contribution is 5.93. The molecule has 1 aromatic rings. The maximum absolute atomic E-state index is 14.1. The van der Waals surface area contributed by atoms with Crippen LogP contribution in [0, 0.1) is 5.92 Å². The molecule has 1 fully saturated rings. The van der Waals surface area contributed by atoms with Crippen molar-refractivity contribution in [2.75, 3.05) is 13.7 Å². The van der Waals surface area contributed by atoms with Crippen LogP contribution in [-0.2, 0) is 23.9 Å². The summed E-state index contributed by atoms with van der Waals surface area (Å²) in [5.74, 6) is -1.98. The number of methoxy groups -OCH3 is 1. The minimum atomic E-state index is -1.13. The lowest BCUT2D eigenvalue weighted by Crippen LogP contribution is -2.59. The summed E-state index contributed by atoms with van der Waals surface area (Å²) >= 11 is 0. The maximum atomic E-state index is 14.1. The number of phenolic OH excluding ortho intramolecular Hbond substituents is 1. The number of rotatable bonds is 10. The summed E-state index contributed by atoms with van der Waals surface area (Å²) in [5, 5.41) is 15.4. The van der Waals surface area contributed by atoms with Gasteiger partial charge in [0.2, 0.25) is 11.8 Å². The minimum Gasteiger partial charge on any atom is -0.508 e. The van der Waals surface area contributed by atoms with Crippen LogP contribution in [0.3, 0.4) is 0 Å². The Hall–Kier alpha value is -3.30. The number of carbonyl (C=O) groups excluding carboxylic acids is 4. The minimum absolute atomic E-state index is 0.0652. The molecule has 0 radical (unpaired) electrons. The molecule has 36 heavy (non-hydrogen) atoms. The molecule has 0 saturated heterocycles. The number of nitrogens with one attached hydrogen (secondary N) is 2. The predicted molar refractivity (Wildman–Crippen MR) is 133 cm³/mol. The number of carbonyl (C=O) groups is 4. The molecule has 0 aliphatic heterocycles. The summed E-state index contributed by atoms with van der Waals surface area (Å²) < 4.78 is 10.0. The largest absolute Gasteiger partial charge is 0.508 e. The second-order valence-electron chi connectivity index (χ2n) is 10.1. The van der Waals surface area contributed by atoms with Crippen LogP contribution in [0.15, 0.2) is 24.3 Å². The molecule has 3 amide bonds. The van der Waals surface area contributed by atoms with E-state index in [1.807, 2.05) is 13.8 Å². The van der Waals surface area contributed by atoms with Gasteiger partial charge in [0.05, 0.1) is 7.11 Å². The molecule has 3 N–H and O–H groups in total. The van der Waals surface area contributed by atoms with E-state index in [0.717, 1.165) is 6.42 Å². The SMILES string of the molecule is CCC(C)C(NC(=O)OC(C)(C)C)C(=O)N(C1CCC1)C(C(=O)NCC(=O)OC)c1cccc(O)c1. The van der Waals surface area contributed by atoms with E-state index in [9.17, 15) is 24.3 Å². The van der Waals surface area contributed by atoms with Crippen LogP contribution in [0.4, 0.5) is 4.79 Å². The van der Waals surface area contributed by atoms with Crippen molar-refractivity contribution in [1.82, 2.24) is 15.5 Å². The van der Waals surface area contributed by atoms with Crippen LogP contribution in [0.2, 0.25) is 0 Å². The normalized spacial score (nSPS) is 16.1. The number of ether oxygens (including phenoxy) is 2. The molecule has 0 heterocycles. The Morgan fingerprint density at radius 3 is 2.36 bits per heavy atom. The fourth-order valence-electron chi connectivity index (χ4n) is 3.92. The number of nitrogens with zero attached hydrogens (tertiary/aromatic N) is 1. The van der Waals surface area contributed by atoms with E-state index < -0.39 is 41.6 Å². The smallest absolute Gasteiger partial charge is 0.408 e. The molecule has 3 atom stereocenters. The van der Waals surface area contributed by atoms with Crippen molar-refractivity contribution in [3.05, 3.63) is 29.8 Å². The fraction of sp³-hybridized carbons (Fsp3) is 0.615. The van der Waals surface area contributed by atoms with E-state index in [4.69, 9.17) is 4.74 Å². The Balaban J connectivity index is 2.49. The van der Waals surface area contributed by atoms with Crippen molar-refractivity contribution in [2.24, 2.45) is 5.92 Å². The molecule has 1 saturated carbocycles. The van der Waals surface area contributed by atoms with Gasteiger partial charge in [-0.15, -0.1) is 0 Å². The average molecular weight is 506 g/mol. The van der Waals surface area contributed by atoms with Crippen LogP contribution in [0.1, 0.15) is 71.9 Å². The Morgan fingerprint density at radius 2 is 1.86 bits per heavy atom. The standard InChI is InChI=1S/C26H39N3O7/c1-7-16(2)21(28-25(34)36-26(3,4)5)24(33)29(18-11-9-12-18)22(17-10-8-13-19(30)14-17)23(32)27-15-20(31)35-6/h8,10,13-14,16,18,21-22,30H,7,9,11-12,15H2,1-6H3,(H,27,32)(H,28,34). The van der Waals surface area contributed by atoms with Gasteiger partial charge >= 0.3 is 12.1 Å². The van der Waals surface area contributed by atoms with Crippen molar-refractivity contribution in [3.8, 4) is 5.75 Å². The summed E-state index contributed by atoms with van der Waals surface area (Å²) in [6.07, 6.45) is 2.13. The van der Waals surface area contributed by atoms with Gasteiger partial charge in [-0.25, -0.2) is 4.79 Å². The lowest BCUT2D eigenvalue weighted by Gasteiger charge is -2.44. The zero-order valence-electron chi connectivity index (χ0n) is 22.0. The van der Waals surface area contributed by atoms with Gasteiger partial charge in [-0.3, -0.25) is 14.4 Å². The van der Waals surface area contributed by atoms with Crippen molar-refractivity contribution in [3.63, 3.8) is 0 Å². The van der Waals surface area contributed by atoms with Gasteiger partial charge in [0.1, 0.15) is 30.0 Å². The Labute approximate surface area is 212 Å². The number of benzene rings is 1. The first-order valence-corrected chi connectivity index (χ1v) is 12.3. The molecule has 200 valence electrons. The first kappa shape index (κ1) is 28.9. The lowest BCUT2D eigenvalue weighted by molar-refractivity contribution is -0.149. The zero-order chi connectivity index (χ0) is 27.0. The van der Waals surface area contributed by atoms with E-state index in [1.165, 1.54) is 24.1 Å². The van der Waals surface area contributed by atoms with Crippen molar-refractivity contribution in [2.45, 2.75) is 84.0 Å². The van der Waals surface area contributed by atoms with Gasteiger partial charge in [0.15, 0.2) is 0 Å². The number of aromatic hydroxyl groups is 1. The second kappa shape index (κ2) is 12.6. The molecule has 0 aromatic heterocycles. The van der Waals surface area contributed by atoms with E-state index in [1.54, 1.807) is 32.9 Å². The third-order valence-electron chi connectivity index (χ3n) is 6.22. The third kappa shape index (κ3) is 7.86. The number of alkyl carbamates (subject to hydrolysis) is 1. The molecule has 10 heteroatoms. The highest BCUT2D eigenvalue weighted by Crippen LogP contribution is 2.35. The molecule has 1 aliphatic rings. The number of hydrogen-bond donors (Lipinski definition) is 3. The maximum Gasteiger partial charge on any atom is 0.408 e. The van der Waals surface area contributed by atoms with Crippen LogP contribution < -0.4 is 10.6 Å². The first-order valence-electron chi connectivity index (χ1n) is 12.3. The van der Waals surface area contributed by atoms with Crippen molar-refractivity contribution >= 4 is 23.9 Å². The summed E-state index contributed by atoms with van der Waals surface area (Å²) in [4.78, 5) is 53.3. The molecule has 1 aromatic carbocycles. The zero-order valence-corrected chi connectivity index (χ0v) is 22.0. The van der Waals surface area contributed by atoms with Crippen LogP contribution in [0.25, 0.3) is 0 Å². The van der Waals surface area contributed by atoms with Crippen molar-refractivity contribution < 1.29 is 33.8 Å². The number of amides is 3. The third-order valence-corrected chi connectivity index (χ3v) is 6.22. The summed E-state index contributed by atoms with van der Waals surface area (Å²) in [5.41, 5.74) is -0.364. The van der Waals surface area contributed by atoms with Gasteiger partial charge < -0.3 is 30.1 Å². The molecule has 0 spiro atoms. The average Bonchev–Trinajstić information content (AvgIpc) is 2.77. The van der Waals surface area contributed by atoms with Gasteiger partial charge in [-0.1, -0.05) is 32.4 Å². The van der Waals surface area contributed by atoms with Crippen LogP contribution >= 0.6 is 0 Å². The van der Waals surface area contributed by atoms with Gasteiger partial charge in [-0.05, 0) is 63.6 Å². The number of phenols is 1. The summed E-state index contributed by atoms with van der Waals surface area (Å²) in [6, 6.07) is 3.78. The van der Waals surface area contributed by atoms with E-state index in [0.29, 0.717) is 24.8 Å². The van der Waals surface area contributed by atoms with Crippen LogP contribution in [0.5, 0.6) is 5.75 Å². The monoisotopic (exact) mass is 505 g/mol. The quantitative estimate of drug-likeness (QED) is 0.416. The molecular weight excluding hydrogens is 466 g/mol. The van der Waals surface area contributed by atoms with Gasteiger partial charge in [0.25, 0.3) is 0 Å². The predicted octanol–water partition coefficient (Wildman–Crippen LogP) is 3.04. The molecule has 2 rings (SSSR count). The Kier molecular flexibility index (Phi) is 10.1. The Bertz CT molecular complexity index is 940. The van der Waals surface area contributed by atoms with Crippen LogP contribution in [-0.4, -0.2) is 65.2 Å². The number of hydrogen-bond acceptors (Lipinski definition) is 7. The van der Waals surface area contributed by atoms with E-state index in [-0.39, 0.29) is 24.3 Å². The summed E-state index contributed by atoms with van der Waals surface area (Å²) in [7, 11) is 1.21. The molecule has 10 nitrogen and oxygen atoms in total. The summed E-state index contributed by atoms with van der Waals surface area (Å²) in [6.45, 7) is 8.58. The fourth-order valence-corrected chi connectivity index (χ4v) is 3.92. The topological polar surface area (TPSA) is 134 Å². The van der Waals surface area contributed by atoms with E-state index in [2.05, 4.69) is 15.4 Å². The first-order chi connectivity index (χ1) is 16.9. The molecular formula is C26H39N3O7. The Morgan fingerprint density at radius 1 is 1.19 bits per heavy atom. The molecule has 0 bridgehead atoms. The highest BCUT2D eigenvalue weighted by Gasteiger charge is 2.43. The van der Waals surface area contributed by atoms with Gasteiger partial charge in [0, 0.05) is 6.04 Å². The van der Waals surface area contributed by atoms with Crippen molar-refractivity contribution in [1.29, 1.82) is 0 Å². The second-order valence-corrected chi connectivity index (χ2v) is 10.1. The molecule has 1 aliphatic carbocycles. The van der Waals surface area contributed by atoms with E-state index >= 15 is 0 Å². The highest BCUT2D eigenvalue weighted by atomic mass is 16.6. The van der Waals surface area contributed by atoms with Gasteiger partial charge in [-0.2, -0.15) is 0 Å². The molecule has 3 unspecified atom stereocenters.